The molecule has 1 N–H and O–H groups in total. The van der Waals surface area contributed by atoms with Gasteiger partial charge in [-0.1, -0.05) is 6.92 Å². The van der Waals surface area contributed by atoms with Gasteiger partial charge in [-0.15, -0.1) is 0 Å². The highest BCUT2D eigenvalue weighted by Gasteiger charge is 2.33. The average Bonchev–Trinajstić information content (AvgIpc) is 3.21. The number of carbonyl (C=O) groups excluding carboxylic acids is 2. The van der Waals surface area contributed by atoms with Gasteiger partial charge in [0.1, 0.15) is 5.76 Å². The molecule has 0 spiro atoms. The molecule has 2 heterocycles. The molecule has 3 rings (SSSR count). The molecule has 1 aliphatic carbocycles. The lowest BCUT2D eigenvalue weighted by Crippen LogP contribution is -2.33. The van der Waals surface area contributed by atoms with E-state index in [4.69, 9.17) is 4.42 Å². The lowest BCUT2D eigenvalue weighted by Gasteiger charge is -2.23. The third-order valence-corrected chi connectivity index (χ3v) is 4.64. The van der Waals surface area contributed by atoms with Crippen LogP contribution in [0.1, 0.15) is 62.0 Å². The van der Waals surface area contributed by atoms with Crippen LogP contribution < -0.4 is 5.32 Å². The topological polar surface area (TPSA) is 67.5 Å². The SMILES string of the molecule is CCCN(Cc1cccn1Cc1ccc(C(=O)NC(C)C)o1)C(=O)C1CC1. The maximum Gasteiger partial charge on any atom is 0.287 e. The van der Waals surface area contributed by atoms with Gasteiger partial charge in [0.15, 0.2) is 5.76 Å². The second-order valence-corrected chi connectivity index (χ2v) is 7.56. The Bertz CT molecular complexity index is 786. The van der Waals surface area contributed by atoms with Crippen LogP contribution in [0.4, 0.5) is 0 Å². The maximum absolute atomic E-state index is 12.5. The molecule has 0 saturated heterocycles. The molecule has 0 bridgehead atoms. The lowest BCUT2D eigenvalue weighted by atomic mass is 10.3. The summed E-state index contributed by atoms with van der Waals surface area (Å²) in [5.41, 5.74) is 1.07. The van der Waals surface area contributed by atoms with Gasteiger partial charge in [-0.3, -0.25) is 9.59 Å². The van der Waals surface area contributed by atoms with Gasteiger partial charge >= 0.3 is 0 Å². The molecule has 2 aromatic heterocycles. The lowest BCUT2D eigenvalue weighted by molar-refractivity contribution is -0.133. The van der Waals surface area contributed by atoms with E-state index in [1.807, 2.05) is 43.1 Å². The van der Waals surface area contributed by atoms with Crippen molar-refractivity contribution in [2.24, 2.45) is 5.92 Å². The Hall–Kier alpha value is -2.50. The number of nitrogens with one attached hydrogen (secondary N) is 1. The van der Waals surface area contributed by atoms with E-state index in [2.05, 4.69) is 16.8 Å². The second kappa shape index (κ2) is 8.46. The quantitative estimate of drug-likeness (QED) is 0.734. The smallest absolute Gasteiger partial charge is 0.287 e. The van der Waals surface area contributed by atoms with Crippen molar-refractivity contribution in [3.05, 3.63) is 47.7 Å². The molecule has 2 amide bonds. The summed E-state index contributed by atoms with van der Waals surface area (Å²) in [6.45, 7) is 7.85. The van der Waals surface area contributed by atoms with Crippen LogP contribution in [0.15, 0.2) is 34.9 Å². The Labute approximate surface area is 160 Å². The van der Waals surface area contributed by atoms with E-state index in [1.54, 1.807) is 6.07 Å². The van der Waals surface area contributed by atoms with E-state index in [-0.39, 0.29) is 23.8 Å². The third-order valence-electron chi connectivity index (χ3n) is 4.64. The van der Waals surface area contributed by atoms with Crippen LogP contribution >= 0.6 is 0 Å². The number of aromatic nitrogens is 1. The Morgan fingerprint density at radius 2 is 2.07 bits per heavy atom. The van der Waals surface area contributed by atoms with Crippen LogP contribution in [0, 0.1) is 5.92 Å². The number of hydrogen-bond donors (Lipinski definition) is 1. The van der Waals surface area contributed by atoms with E-state index < -0.39 is 0 Å². The molecule has 0 aromatic carbocycles. The van der Waals surface area contributed by atoms with Crippen LogP contribution in [0.3, 0.4) is 0 Å². The van der Waals surface area contributed by atoms with Crippen LogP contribution in [-0.2, 0) is 17.9 Å². The fraction of sp³-hybridized carbons (Fsp3) is 0.524. The normalized spacial score (nSPS) is 13.8. The summed E-state index contributed by atoms with van der Waals surface area (Å²) in [4.78, 5) is 26.5. The van der Waals surface area contributed by atoms with E-state index in [0.29, 0.717) is 18.8 Å². The van der Waals surface area contributed by atoms with Crippen molar-refractivity contribution < 1.29 is 14.0 Å². The number of amides is 2. The number of hydrogen-bond acceptors (Lipinski definition) is 3. The van der Waals surface area contributed by atoms with Gasteiger partial charge in [0.25, 0.3) is 5.91 Å². The zero-order chi connectivity index (χ0) is 19.4. The minimum atomic E-state index is -0.201. The van der Waals surface area contributed by atoms with Crippen molar-refractivity contribution in [2.75, 3.05) is 6.54 Å². The van der Waals surface area contributed by atoms with E-state index in [9.17, 15) is 9.59 Å². The minimum absolute atomic E-state index is 0.0654. The Kier molecular flexibility index (Phi) is 6.04. The van der Waals surface area contributed by atoms with Gasteiger partial charge in [0, 0.05) is 30.4 Å². The number of rotatable bonds is 9. The average molecular weight is 371 g/mol. The molecule has 27 heavy (non-hydrogen) atoms. The molecule has 146 valence electrons. The highest BCUT2D eigenvalue weighted by atomic mass is 16.4. The maximum atomic E-state index is 12.5. The summed E-state index contributed by atoms with van der Waals surface area (Å²) >= 11 is 0. The van der Waals surface area contributed by atoms with Gasteiger partial charge in [-0.2, -0.15) is 0 Å². The fourth-order valence-electron chi connectivity index (χ4n) is 3.15. The molecule has 1 saturated carbocycles. The monoisotopic (exact) mass is 371 g/mol. The Morgan fingerprint density at radius 1 is 1.30 bits per heavy atom. The molecule has 0 aliphatic heterocycles. The van der Waals surface area contributed by atoms with Crippen molar-refractivity contribution in [3.8, 4) is 0 Å². The molecule has 2 aromatic rings. The molecule has 0 atom stereocenters. The highest BCUT2D eigenvalue weighted by Crippen LogP contribution is 2.31. The predicted octanol–water partition coefficient (Wildman–Crippen LogP) is 3.42. The second-order valence-electron chi connectivity index (χ2n) is 7.56. The molecular weight excluding hydrogens is 342 g/mol. The third kappa shape index (κ3) is 5.02. The van der Waals surface area contributed by atoms with Crippen LogP contribution in [0.5, 0.6) is 0 Å². The number of furan rings is 1. The summed E-state index contributed by atoms with van der Waals surface area (Å²) in [6, 6.07) is 7.62. The van der Waals surface area contributed by atoms with Crippen LogP contribution in [0.25, 0.3) is 0 Å². The Balaban J connectivity index is 1.67. The van der Waals surface area contributed by atoms with E-state index >= 15 is 0 Å². The predicted molar refractivity (Wildman–Crippen MR) is 103 cm³/mol. The van der Waals surface area contributed by atoms with Crippen molar-refractivity contribution in [3.63, 3.8) is 0 Å². The molecule has 6 nitrogen and oxygen atoms in total. The zero-order valence-electron chi connectivity index (χ0n) is 16.4. The summed E-state index contributed by atoms with van der Waals surface area (Å²) in [5.74, 6) is 1.34. The van der Waals surface area contributed by atoms with Gasteiger partial charge in [0.05, 0.1) is 13.1 Å². The van der Waals surface area contributed by atoms with Crippen molar-refractivity contribution in [1.82, 2.24) is 14.8 Å². The van der Waals surface area contributed by atoms with Crippen LogP contribution in [0.2, 0.25) is 0 Å². The fourth-order valence-corrected chi connectivity index (χ4v) is 3.15. The van der Waals surface area contributed by atoms with Gasteiger partial charge < -0.3 is 19.2 Å². The van der Waals surface area contributed by atoms with E-state index in [1.165, 1.54) is 0 Å². The first kappa shape index (κ1) is 19.3. The standard InChI is InChI=1S/C21H29N3O3/c1-4-11-24(21(26)16-7-8-16)13-17-6-5-12-23(17)14-18-9-10-19(27-18)20(25)22-15(2)3/h5-6,9-10,12,15-16H,4,7-8,11,13-14H2,1-3H3,(H,22,25). The molecule has 0 unspecified atom stereocenters. The van der Waals surface area contributed by atoms with Crippen molar-refractivity contribution >= 4 is 11.8 Å². The molecular formula is C21H29N3O3. The number of carbonyl (C=O) groups is 2. The van der Waals surface area contributed by atoms with Crippen molar-refractivity contribution in [2.45, 2.75) is 59.2 Å². The summed E-state index contributed by atoms with van der Waals surface area (Å²) < 4.78 is 7.78. The Morgan fingerprint density at radius 3 is 2.74 bits per heavy atom. The largest absolute Gasteiger partial charge is 0.454 e. The summed E-state index contributed by atoms with van der Waals surface area (Å²) in [7, 11) is 0. The van der Waals surface area contributed by atoms with E-state index in [0.717, 1.165) is 37.3 Å². The zero-order valence-corrected chi connectivity index (χ0v) is 16.4. The highest BCUT2D eigenvalue weighted by molar-refractivity contribution is 5.91. The van der Waals surface area contributed by atoms with Crippen molar-refractivity contribution in [1.29, 1.82) is 0 Å². The van der Waals surface area contributed by atoms with Gasteiger partial charge in [-0.25, -0.2) is 0 Å². The first-order valence-electron chi connectivity index (χ1n) is 9.80. The first-order valence-corrected chi connectivity index (χ1v) is 9.80. The van der Waals surface area contributed by atoms with Gasteiger partial charge in [-0.05, 0) is 57.4 Å². The molecule has 0 radical (unpaired) electrons. The number of nitrogens with zero attached hydrogens (tertiary/aromatic N) is 2. The summed E-state index contributed by atoms with van der Waals surface area (Å²) in [6.07, 6.45) is 4.98. The summed E-state index contributed by atoms with van der Waals surface area (Å²) in [5, 5.41) is 2.83. The molecule has 6 heteroatoms. The van der Waals surface area contributed by atoms with Gasteiger partial charge in [0.2, 0.25) is 5.91 Å². The molecule has 1 fully saturated rings. The minimum Gasteiger partial charge on any atom is -0.454 e. The van der Waals surface area contributed by atoms with Crippen LogP contribution in [-0.4, -0.2) is 33.9 Å². The first-order chi connectivity index (χ1) is 13.0. The molecule has 1 aliphatic rings.